The third-order valence-electron chi connectivity index (χ3n) is 2.47. The van der Waals surface area contributed by atoms with Crippen molar-refractivity contribution in [2.75, 3.05) is 5.32 Å². The number of anilines is 1. The second-order valence-corrected chi connectivity index (χ2v) is 5.94. The van der Waals surface area contributed by atoms with Crippen molar-refractivity contribution < 1.29 is 4.79 Å². The van der Waals surface area contributed by atoms with Gasteiger partial charge in [0.2, 0.25) is 5.91 Å². The lowest BCUT2D eigenvalue weighted by atomic mass is 10.1. The van der Waals surface area contributed by atoms with E-state index in [1.54, 1.807) is 0 Å². The molecule has 0 aliphatic heterocycles. The number of hydrogen-bond donors (Lipinski definition) is 2. The molecule has 0 aromatic heterocycles. The van der Waals surface area contributed by atoms with Crippen molar-refractivity contribution in [1.29, 1.82) is 0 Å². The Balaban J connectivity index is 2.76. The van der Waals surface area contributed by atoms with E-state index in [0.717, 1.165) is 11.3 Å². The summed E-state index contributed by atoms with van der Waals surface area (Å²) in [6.45, 7) is 9.65. The highest BCUT2D eigenvalue weighted by atomic mass is 35.5. The quantitative estimate of drug-likeness (QED) is 0.883. The third-order valence-corrected chi connectivity index (χ3v) is 2.79. The van der Waals surface area contributed by atoms with Gasteiger partial charge >= 0.3 is 0 Å². The number of halogens is 1. The van der Waals surface area contributed by atoms with Crippen LogP contribution in [0.1, 0.15) is 33.3 Å². The second kappa shape index (κ2) is 5.61. The minimum Gasteiger partial charge on any atom is -0.372 e. The van der Waals surface area contributed by atoms with Gasteiger partial charge in [0.25, 0.3) is 0 Å². The fraction of sp³-hybridized carbons (Fsp3) is 0.500. The topological polar surface area (TPSA) is 41.1 Å². The lowest BCUT2D eigenvalue weighted by Gasteiger charge is -2.24. The van der Waals surface area contributed by atoms with Crippen LogP contribution in [0.5, 0.6) is 0 Å². The highest BCUT2D eigenvalue weighted by Crippen LogP contribution is 2.25. The number of carbonyl (C=O) groups is 1. The number of aryl methyl sites for hydroxylation is 1. The fourth-order valence-electron chi connectivity index (χ4n) is 1.57. The van der Waals surface area contributed by atoms with Crippen LogP contribution < -0.4 is 10.6 Å². The molecule has 1 aromatic carbocycles. The average Bonchev–Trinajstić information content (AvgIpc) is 2.21. The van der Waals surface area contributed by atoms with Crippen molar-refractivity contribution in [2.45, 2.75) is 46.2 Å². The van der Waals surface area contributed by atoms with Crippen LogP contribution in [0, 0.1) is 6.92 Å². The van der Waals surface area contributed by atoms with E-state index < -0.39 is 0 Å². The van der Waals surface area contributed by atoms with Gasteiger partial charge in [0.05, 0.1) is 10.7 Å². The molecule has 0 aliphatic carbocycles. The van der Waals surface area contributed by atoms with Crippen LogP contribution in [-0.2, 0) is 4.79 Å². The minimum atomic E-state index is -0.331. The molecule has 18 heavy (non-hydrogen) atoms. The van der Waals surface area contributed by atoms with Gasteiger partial charge in [-0.25, -0.2) is 0 Å². The van der Waals surface area contributed by atoms with Gasteiger partial charge in [-0.05, 0) is 46.2 Å². The maximum atomic E-state index is 12.0. The Morgan fingerprint density at radius 1 is 1.33 bits per heavy atom. The Bertz CT molecular complexity index is 418. The van der Waals surface area contributed by atoms with Gasteiger partial charge in [-0.15, -0.1) is 0 Å². The van der Waals surface area contributed by atoms with Gasteiger partial charge < -0.3 is 10.6 Å². The maximum absolute atomic E-state index is 12.0. The van der Waals surface area contributed by atoms with Gasteiger partial charge in [-0.2, -0.15) is 0 Å². The zero-order chi connectivity index (χ0) is 13.9. The number of nitrogens with one attached hydrogen (secondary N) is 2. The van der Waals surface area contributed by atoms with Crippen LogP contribution in [0.2, 0.25) is 5.02 Å². The van der Waals surface area contributed by atoms with Crippen LogP contribution >= 0.6 is 11.6 Å². The predicted molar refractivity (Wildman–Crippen MR) is 77.2 cm³/mol. The molecule has 1 aromatic rings. The number of para-hydroxylation sites is 1. The molecular formula is C14H21ClN2O. The van der Waals surface area contributed by atoms with Gasteiger partial charge in [-0.1, -0.05) is 23.7 Å². The standard InChI is InChI=1S/C14H21ClN2O/c1-9-7-6-8-11(15)12(9)16-10(2)13(18)17-14(3,4)5/h6-8,10,16H,1-5H3,(H,17,18). The highest BCUT2D eigenvalue weighted by Gasteiger charge is 2.20. The summed E-state index contributed by atoms with van der Waals surface area (Å²) in [5, 5.41) is 6.72. The summed E-state index contributed by atoms with van der Waals surface area (Å²) in [4.78, 5) is 12.0. The van der Waals surface area contributed by atoms with Crippen LogP contribution in [0.3, 0.4) is 0 Å². The SMILES string of the molecule is Cc1cccc(Cl)c1NC(C)C(=O)NC(C)(C)C. The Labute approximate surface area is 114 Å². The van der Waals surface area contributed by atoms with E-state index in [9.17, 15) is 4.79 Å². The van der Waals surface area contributed by atoms with Crippen molar-refractivity contribution in [3.63, 3.8) is 0 Å². The fourth-order valence-corrected chi connectivity index (χ4v) is 1.85. The van der Waals surface area contributed by atoms with E-state index >= 15 is 0 Å². The Kier molecular flexibility index (Phi) is 4.63. The number of carbonyl (C=O) groups excluding carboxylic acids is 1. The molecular weight excluding hydrogens is 248 g/mol. The Morgan fingerprint density at radius 2 is 1.94 bits per heavy atom. The molecule has 1 atom stereocenters. The first kappa shape index (κ1) is 14.8. The van der Waals surface area contributed by atoms with E-state index in [0.29, 0.717) is 5.02 Å². The molecule has 0 heterocycles. The number of rotatable bonds is 3. The predicted octanol–water partition coefficient (Wildman–Crippen LogP) is 3.36. The summed E-state index contributed by atoms with van der Waals surface area (Å²) >= 11 is 6.12. The third kappa shape index (κ3) is 4.22. The monoisotopic (exact) mass is 268 g/mol. The summed E-state index contributed by atoms with van der Waals surface area (Å²) < 4.78 is 0. The molecule has 100 valence electrons. The summed E-state index contributed by atoms with van der Waals surface area (Å²) in [7, 11) is 0. The summed E-state index contributed by atoms with van der Waals surface area (Å²) in [5.74, 6) is -0.0400. The summed E-state index contributed by atoms with van der Waals surface area (Å²) in [6.07, 6.45) is 0. The minimum absolute atomic E-state index is 0.0400. The molecule has 1 unspecified atom stereocenters. The normalized spacial score (nSPS) is 13.0. The van der Waals surface area contributed by atoms with Crippen molar-refractivity contribution in [1.82, 2.24) is 5.32 Å². The molecule has 4 heteroatoms. The van der Waals surface area contributed by atoms with E-state index in [-0.39, 0.29) is 17.5 Å². The molecule has 0 bridgehead atoms. The van der Waals surface area contributed by atoms with Gasteiger partial charge in [0.1, 0.15) is 6.04 Å². The zero-order valence-electron chi connectivity index (χ0n) is 11.6. The van der Waals surface area contributed by atoms with E-state index in [2.05, 4.69) is 10.6 Å². The van der Waals surface area contributed by atoms with Crippen molar-refractivity contribution in [3.8, 4) is 0 Å². The molecule has 0 aliphatic rings. The van der Waals surface area contributed by atoms with Gasteiger partial charge in [0, 0.05) is 5.54 Å². The number of amides is 1. The zero-order valence-corrected chi connectivity index (χ0v) is 12.4. The summed E-state index contributed by atoms with van der Waals surface area (Å²) in [5.41, 5.74) is 1.61. The molecule has 0 saturated carbocycles. The van der Waals surface area contributed by atoms with Crippen molar-refractivity contribution in [3.05, 3.63) is 28.8 Å². The Hall–Kier alpha value is -1.22. The van der Waals surface area contributed by atoms with Gasteiger partial charge in [-0.3, -0.25) is 4.79 Å². The number of benzene rings is 1. The first-order valence-corrected chi connectivity index (χ1v) is 6.42. The second-order valence-electron chi connectivity index (χ2n) is 5.54. The average molecular weight is 269 g/mol. The van der Waals surface area contributed by atoms with Crippen LogP contribution in [0.25, 0.3) is 0 Å². The first-order valence-electron chi connectivity index (χ1n) is 6.04. The molecule has 3 nitrogen and oxygen atoms in total. The van der Waals surface area contributed by atoms with Crippen molar-refractivity contribution >= 4 is 23.2 Å². The summed E-state index contributed by atoms with van der Waals surface area (Å²) in [6, 6.07) is 5.33. The molecule has 2 N–H and O–H groups in total. The highest BCUT2D eigenvalue weighted by molar-refractivity contribution is 6.33. The van der Waals surface area contributed by atoms with Gasteiger partial charge in [0.15, 0.2) is 0 Å². The maximum Gasteiger partial charge on any atom is 0.242 e. The molecule has 0 spiro atoms. The van der Waals surface area contributed by atoms with Crippen LogP contribution in [-0.4, -0.2) is 17.5 Å². The molecule has 1 rings (SSSR count). The van der Waals surface area contributed by atoms with E-state index in [1.807, 2.05) is 52.8 Å². The van der Waals surface area contributed by atoms with Crippen molar-refractivity contribution in [2.24, 2.45) is 0 Å². The van der Waals surface area contributed by atoms with Crippen LogP contribution in [0.4, 0.5) is 5.69 Å². The molecule has 0 radical (unpaired) electrons. The van der Waals surface area contributed by atoms with Crippen LogP contribution in [0.15, 0.2) is 18.2 Å². The molecule has 1 amide bonds. The van der Waals surface area contributed by atoms with E-state index in [1.165, 1.54) is 0 Å². The lowest BCUT2D eigenvalue weighted by Crippen LogP contribution is -2.47. The largest absolute Gasteiger partial charge is 0.372 e. The number of hydrogen-bond acceptors (Lipinski definition) is 2. The first-order chi connectivity index (χ1) is 8.20. The van der Waals surface area contributed by atoms with E-state index in [4.69, 9.17) is 11.6 Å². The Morgan fingerprint density at radius 3 is 2.44 bits per heavy atom. The smallest absolute Gasteiger partial charge is 0.242 e. The lowest BCUT2D eigenvalue weighted by molar-refractivity contribution is -0.122. The molecule has 0 saturated heterocycles. The molecule has 0 fully saturated rings.